The molecule has 0 aromatic heterocycles. The molecule has 0 unspecified atom stereocenters. The largest absolute Gasteiger partial charge is 0.444 e. The first kappa shape index (κ1) is 12.7. The number of nitrogens with zero attached hydrogens (tertiary/aromatic N) is 1. The highest BCUT2D eigenvalue weighted by Crippen LogP contribution is 2.39. The van der Waals surface area contributed by atoms with Crippen molar-refractivity contribution in [2.75, 3.05) is 6.54 Å². The van der Waals surface area contributed by atoms with E-state index in [1.165, 1.54) is 0 Å². The van der Waals surface area contributed by atoms with E-state index in [1.54, 1.807) is 0 Å². The molecule has 2 bridgehead atoms. The Kier molecular flexibility index (Phi) is 3.34. The molecule has 2 rings (SSSR count). The molecule has 0 aromatic carbocycles. The minimum atomic E-state index is -0.411. The summed E-state index contributed by atoms with van der Waals surface area (Å²) in [4.78, 5) is 14.2. The molecule has 4 heteroatoms. The minimum absolute atomic E-state index is 0.150. The Bertz CT molecular complexity index is 298. The average Bonchev–Trinajstić information content (AvgIpc) is 2.52. The maximum atomic E-state index is 12.2. The van der Waals surface area contributed by atoms with Crippen molar-refractivity contribution < 1.29 is 9.53 Å². The predicted molar refractivity (Wildman–Crippen MR) is 66.7 cm³/mol. The summed E-state index contributed by atoms with van der Waals surface area (Å²) in [5.41, 5.74) is 5.39. The average molecular weight is 240 g/mol. The SMILES string of the molecule is CC(C)(C)OC(=O)N1[C@H]2CC[C@@H](CN)[C@H]1CC2. The molecule has 98 valence electrons. The van der Waals surface area contributed by atoms with Gasteiger partial charge in [0.15, 0.2) is 0 Å². The fraction of sp³-hybridized carbons (Fsp3) is 0.923. The van der Waals surface area contributed by atoms with Crippen LogP contribution in [0.25, 0.3) is 0 Å². The van der Waals surface area contributed by atoms with Crippen molar-refractivity contribution in [3.8, 4) is 0 Å². The summed E-state index contributed by atoms with van der Waals surface area (Å²) < 4.78 is 5.50. The summed E-state index contributed by atoms with van der Waals surface area (Å²) in [5.74, 6) is 0.460. The summed E-state index contributed by atoms with van der Waals surface area (Å²) in [6.07, 6.45) is 4.29. The van der Waals surface area contributed by atoms with Crippen LogP contribution in [-0.2, 0) is 4.74 Å². The number of nitrogens with two attached hydrogens (primary N) is 1. The van der Waals surface area contributed by atoms with Crippen LogP contribution in [0.2, 0.25) is 0 Å². The second kappa shape index (κ2) is 4.48. The topological polar surface area (TPSA) is 55.6 Å². The second-order valence-corrected chi connectivity index (χ2v) is 6.26. The number of rotatable bonds is 1. The third kappa shape index (κ3) is 2.57. The molecule has 2 fully saturated rings. The van der Waals surface area contributed by atoms with Gasteiger partial charge in [-0.2, -0.15) is 0 Å². The standard InChI is InChI=1S/C13H24N2O2/c1-13(2,3)17-12(16)15-10-5-4-9(8-14)11(15)7-6-10/h9-11H,4-8,14H2,1-3H3/t9-,10-,11+/m0/s1. The van der Waals surface area contributed by atoms with Gasteiger partial charge in [-0.1, -0.05) is 0 Å². The summed E-state index contributed by atoms with van der Waals surface area (Å²) in [5, 5.41) is 0. The van der Waals surface area contributed by atoms with Crippen LogP contribution in [0, 0.1) is 5.92 Å². The normalized spacial score (nSPS) is 32.7. The molecule has 0 aliphatic carbocycles. The Morgan fingerprint density at radius 1 is 1.29 bits per heavy atom. The van der Waals surface area contributed by atoms with E-state index in [0.717, 1.165) is 25.7 Å². The van der Waals surface area contributed by atoms with Crippen molar-refractivity contribution in [2.24, 2.45) is 11.7 Å². The Morgan fingerprint density at radius 3 is 2.53 bits per heavy atom. The molecule has 0 aromatic rings. The second-order valence-electron chi connectivity index (χ2n) is 6.26. The van der Waals surface area contributed by atoms with Gasteiger partial charge in [-0.25, -0.2) is 4.79 Å². The maximum Gasteiger partial charge on any atom is 0.410 e. The number of hydrogen-bond acceptors (Lipinski definition) is 3. The molecule has 3 atom stereocenters. The number of hydrogen-bond donors (Lipinski definition) is 1. The molecule has 2 aliphatic rings. The van der Waals surface area contributed by atoms with E-state index in [1.807, 2.05) is 25.7 Å². The number of piperidine rings is 1. The van der Waals surface area contributed by atoms with Crippen LogP contribution in [-0.4, -0.2) is 35.2 Å². The van der Waals surface area contributed by atoms with E-state index in [4.69, 9.17) is 10.5 Å². The van der Waals surface area contributed by atoms with Crippen molar-refractivity contribution in [3.05, 3.63) is 0 Å². The van der Waals surface area contributed by atoms with Crippen molar-refractivity contribution in [3.63, 3.8) is 0 Å². The molecule has 2 saturated heterocycles. The fourth-order valence-corrected chi connectivity index (χ4v) is 3.13. The molecule has 0 radical (unpaired) electrons. The van der Waals surface area contributed by atoms with Crippen LogP contribution in [0.1, 0.15) is 46.5 Å². The van der Waals surface area contributed by atoms with Gasteiger partial charge in [-0.15, -0.1) is 0 Å². The fourth-order valence-electron chi connectivity index (χ4n) is 3.13. The van der Waals surface area contributed by atoms with E-state index in [0.29, 0.717) is 24.5 Å². The molecule has 2 heterocycles. The van der Waals surface area contributed by atoms with E-state index >= 15 is 0 Å². The lowest BCUT2D eigenvalue weighted by molar-refractivity contribution is -0.000499. The summed E-state index contributed by atoms with van der Waals surface area (Å²) in [7, 11) is 0. The highest BCUT2D eigenvalue weighted by atomic mass is 16.6. The van der Waals surface area contributed by atoms with Crippen LogP contribution in [0.4, 0.5) is 4.79 Å². The Labute approximate surface area is 103 Å². The Hall–Kier alpha value is -0.770. The van der Waals surface area contributed by atoms with Crippen LogP contribution in [0.5, 0.6) is 0 Å². The number of fused-ring (bicyclic) bond motifs is 2. The van der Waals surface area contributed by atoms with Gasteiger partial charge in [0, 0.05) is 12.1 Å². The van der Waals surface area contributed by atoms with E-state index in [2.05, 4.69) is 0 Å². The maximum absolute atomic E-state index is 12.2. The number of carbonyl (C=O) groups is 1. The van der Waals surface area contributed by atoms with Crippen molar-refractivity contribution in [1.29, 1.82) is 0 Å². The van der Waals surface area contributed by atoms with Gasteiger partial charge < -0.3 is 15.4 Å². The quantitative estimate of drug-likeness (QED) is 0.764. The van der Waals surface area contributed by atoms with Gasteiger partial charge >= 0.3 is 6.09 Å². The highest BCUT2D eigenvalue weighted by molar-refractivity contribution is 5.69. The van der Waals surface area contributed by atoms with Gasteiger partial charge in [0.2, 0.25) is 0 Å². The van der Waals surface area contributed by atoms with Gasteiger partial charge in [0.25, 0.3) is 0 Å². The van der Waals surface area contributed by atoms with Gasteiger partial charge in [-0.05, 0) is 58.9 Å². The van der Waals surface area contributed by atoms with Gasteiger partial charge in [-0.3, -0.25) is 0 Å². The molecule has 2 N–H and O–H groups in total. The first-order chi connectivity index (χ1) is 7.92. The Balaban J connectivity index is 2.07. The zero-order valence-corrected chi connectivity index (χ0v) is 11.1. The van der Waals surface area contributed by atoms with Crippen molar-refractivity contribution >= 4 is 6.09 Å². The lowest BCUT2D eigenvalue weighted by Crippen LogP contribution is -2.51. The monoisotopic (exact) mass is 240 g/mol. The first-order valence-electron chi connectivity index (χ1n) is 6.64. The predicted octanol–water partition coefficient (Wildman–Crippen LogP) is 2.12. The third-order valence-electron chi connectivity index (χ3n) is 3.87. The minimum Gasteiger partial charge on any atom is -0.444 e. The number of amides is 1. The molecule has 2 aliphatic heterocycles. The molecule has 1 amide bonds. The first-order valence-corrected chi connectivity index (χ1v) is 6.64. The summed E-state index contributed by atoms with van der Waals surface area (Å²) in [6.45, 7) is 6.42. The van der Waals surface area contributed by atoms with Gasteiger partial charge in [0.05, 0.1) is 0 Å². The summed E-state index contributed by atoms with van der Waals surface area (Å²) in [6, 6.07) is 0.700. The zero-order chi connectivity index (χ0) is 12.6. The molecule has 0 saturated carbocycles. The zero-order valence-electron chi connectivity index (χ0n) is 11.1. The molecule has 0 spiro atoms. The van der Waals surface area contributed by atoms with Crippen LogP contribution in [0.3, 0.4) is 0 Å². The lowest BCUT2D eigenvalue weighted by atomic mass is 9.91. The number of ether oxygens (including phenoxy) is 1. The highest BCUT2D eigenvalue weighted by Gasteiger charge is 2.45. The van der Waals surface area contributed by atoms with E-state index < -0.39 is 5.60 Å². The molecule has 4 nitrogen and oxygen atoms in total. The molecular weight excluding hydrogens is 216 g/mol. The molecule has 17 heavy (non-hydrogen) atoms. The smallest absolute Gasteiger partial charge is 0.410 e. The van der Waals surface area contributed by atoms with Crippen molar-refractivity contribution in [1.82, 2.24) is 4.90 Å². The van der Waals surface area contributed by atoms with Crippen LogP contribution < -0.4 is 5.73 Å². The van der Waals surface area contributed by atoms with Crippen LogP contribution in [0.15, 0.2) is 0 Å². The number of carbonyl (C=O) groups excluding carboxylic acids is 1. The van der Waals surface area contributed by atoms with Crippen LogP contribution >= 0.6 is 0 Å². The molecular formula is C13H24N2O2. The van der Waals surface area contributed by atoms with Crippen molar-refractivity contribution in [2.45, 2.75) is 64.1 Å². The van der Waals surface area contributed by atoms with E-state index in [-0.39, 0.29) is 6.09 Å². The third-order valence-corrected chi connectivity index (χ3v) is 3.87. The summed E-state index contributed by atoms with van der Waals surface area (Å²) >= 11 is 0. The lowest BCUT2D eigenvalue weighted by Gasteiger charge is -2.40. The van der Waals surface area contributed by atoms with E-state index in [9.17, 15) is 4.79 Å². The Morgan fingerprint density at radius 2 is 1.94 bits per heavy atom. The van der Waals surface area contributed by atoms with Gasteiger partial charge in [0.1, 0.15) is 5.60 Å².